The highest BCUT2D eigenvalue weighted by atomic mass is 16.6. The molecule has 3 amide bonds. The Balaban J connectivity index is 1.24. The summed E-state index contributed by atoms with van der Waals surface area (Å²) in [5, 5.41) is 5.55. The van der Waals surface area contributed by atoms with Crippen molar-refractivity contribution in [2.45, 2.75) is 6.42 Å². The van der Waals surface area contributed by atoms with Gasteiger partial charge in [-0.2, -0.15) is 0 Å². The Kier molecular flexibility index (Phi) is 6.02. The van der Waals surface area contributed by atoms with Crippen LogP contribution in [0.1, 0.15) is 5.69 Å². The summed E-state index contributed by atoms with van der Waals surface area (Å²) in [7, 11) is 1.61. The summed E-state index contributed by atoms with van der Waals surface area (Å²) in [5.74, 6) is 1.28. The van der Waals surface area contributed by atoms with E-state index in [2.05, 4.69) is 15.6 Å². The molecule has 2 heterocycles. The third kappa shape index (κ3) is 4.95. The summed E-state index contributed by atoms with van der Waals surface area (Å²) in [4.78, 5) is 29.7. The zero-order valence-electron chi connectivity index (χ0n) is 17.0. The number of nitrogens with zero attached hydrogens (tertiary/aromatic N) is 2. The smallest absolute Gasteiger partial charge is 0.414 e. The molecule has 0 radical (unpaired) electrons. The number of rotatable bonds is 7. The second-order valence-corrected chi connectivity index (χ2v) is 6.82. The van der Waals surface area contributed by atoms with Crippen LogP contribution in [0.4, 0.5) is 21.0 Å². The Morgan fingerprint density at radius 2 is 1.94 bits per heavy atom. The third-order valence-corrected chi connectivity index (χ3v) is 4.75. The van der Waals surface area contributed by atoms with Gasteiger partial charge < -0.3 is 24.5 Å². The van der Waals surface area contributed by atoms with Gasteiger partial charge in [0, 0.05) is 29.9 Å². The zero-order chi connectivity index (χ0) is 21.6. The molecule has 31 heavy (non-hydrogen) atoms. The van der Waals surface area contributed by atoms with Crippen LogP contribution in [0.15, 0.2) is 59.2 Å². The summed E-state index contributed by atoms with van der Waals surface area (Å²) >= 11 is 0. The second-order valence-electron chi connectivity index (χ2n) is 6.82. The Morgan fingerprint density at radius 1 is 1.16 bits per heavy atom. The summed E-state index contributed by atoms with van der Waals surface area (Å²) < 4.78 is 15.6. The van der Waals surface area contributed by atoms with E-state index in [1.54, 1.807) is 42.5 Å². The number of cyclic esters (lactones) is 1. The number of carbonyl (C=O) groups is 2. The molecule has 1 aliphatic rings. The van der Waals surface area contributed by atoms with E-state index in [1.807, 2.05) is 24.3 Å². The average molecular weight is 422 g/mol. The molecule has 0 saturated carbocycles. The van der Waals surface area contributed by atoms with Gasteiger partial charge in [0.1, 0.15) is 18.6 Å². The van der Waals surface area contributed by atoms with Gasteiger partial charge in [-0.25, -0.2) is 14.6 Å². The SMILES string of the molecule is COc1ccc(-c2nc(CCNC(=O)Nc3ccc(N4CCOC4=O)cc3)co2)cc1. The Hall–Kier alpha value is -4.01. The first-order valence-corrected chi connectivity index (χ1v) is 9.80. The molecular weight excluding hydrogens is 400 g/mol. The van der Waals surface area contributed by atoms with Crippen LogP contribution in [0.3, 0.4) is 0 Å². The minimum absolute atomic E-state index is 0.327. The Labute approximate surface area is 179 Å². The number of aromatic nitrogens is 1. The number of methoxy groups -OCH3 is 1. The largest absolute Gasteiger partial charge is 0.497 e. The van der Waals surface area contributed by atoms with Crippen molar-refractivity contribution in [3.8, 4) is 17.2 Å². The average Bonchev–Trinajstić information content (AvgIpc) is 3.43. The third-order valence-electron chi connectivity index (χ3n) is 4.75. The normalized spacial score (nSPS) is 13.1. The number of hydrogen-bond acceptors (Lipinski definition) is 6. The summed E-state index contributed by atoms with van der Waals surface area (Å²) in [6.45, 7) is 1.31. The highest BCUT2D eigenvalue weighted by Crippen LogP contribution is 2.22. The molecule has 0 unspecified atom stereocenters. The highest BCUT2D eigenvalue weighted by Gasteiger charge is 2.23. The lowest BCUT2D eigenvalue weighted by atomic mass is 10.2. The van der Waals surface area contributed by atoms with Gasteiger partial charge in [-0.3, -0.25) is 4.90 Å². The fourth-order valence-electron chi connectivity index (χ4n) is 3.12. The van der Waals surface area contributed by atoms with E-state index in [1.165, 1.54) is 0 Å². The Bertz CT molecular complexity index is 1050. The molecule has 2 aromatic carbocycles. The van der Waals surface area contributed by atoms with Gasteiger partial charge in [-0.15, -0.1) is 0 Å². The van der Waals surface area contributed by atoms with Crippen LogP contribution in [0.5, 0.6) is 5.75 Å². The first kappa shape index (κ1) is 20.3. The molecule has 0 aliphatic carbocycles. The number of nitrogens with one attached hydrogen (secondary N) is 2. The van der Waals surface area contributed by atoms with Crippen molar-refractivity contribution in [1.29, 1.82) is 0 Å². The quantitative estimate of drug-likeness (QED) is 0.602. The predicted molar refractivity (Wildman–Crippen MR) is 114 cm³/mol. The fraction of sp³-hybridized carbons (Fsp3) is 0.227. The van der Waals surface area contributed by atoms with Crippen LogP contribution in [-0.2, 0) is 11.2 Å². The molecule has 0 spiro atoms. The van der Waals surface area contributed by atoms with Gasteiger partial charge in [-0.1, -0.05) is 0 Å². The monoisotopic (exact) mass is 422 g/mol. The van der Waals surface area contributed by atoms with Gasteiger partial charge in [0.05, 0.1) is 19.3 Å². The van der Waals surface area contributed by atoms with Crippen LogP contribution < -0.4 is 20.3 Å². The molecule has 2 N–H and O–H groups in total. The van der Waals surface area contributed by atoms with Gasteiger partial charge >= 0.3 is 12.1 Å². The second kappa shape index (κ2) is 9.21. The van der Waals surface area contributed by atoms with Crippen molar-refractivity contribution in [2.24, 2.45) is 0 Å². The summed E-state index contributed by atoms with van der Waals surface area (Å²) in [5.41, 5.74) is 2.94. The van der Waals surface area contributed by atoms with Gasteiger partial charge in [0.25, 0.3) is 0 Å². The maximum Gasteiger partial charge on any atom is 0.414 e. The molecule has 9 nitrogen and oxygen atoms in total. The molecule has 160 valence electrons. The van der Waals surface area contributed by atoms with Crippen LogP contribution in [0, 0.1) is 0 Å². The van der Waals surface area contributed by atoms with Gasteiger partial charge in [0.2, 0.25) is 5.89 Å². The molecule has 1 fully saturated rings. The Morgan fingerprint density at radius 3 is 2.61 bits per heavy atom. The number of ether oxygens (including phenoxy) is 2. The molecule has 0 bridgehead atoms. The van der Waals surface area contributed by atoms with Crippen molar-refractivity contribution >= 4 is 23.5 Å². The van der Waals surface area contributed by atoms with Gasteiger partial charge in [-0.05, 0) is 48.5 Å². The fourth-order valence-corrected chi connectivity index (χ4v) is 3.12. The summed E-state index contributed by atoms with van der Waals surface area (Å²) in [6.07, 6.45) is 1.76. The number of benzene rings is 2. The summed E-state index contributed by atoms with van der Waals surface area (Å²) in [6, 6.07) is 14.1. The minimum atomic E-state index is -0.360. The lowest BCUT2D eigenvalue weighted by Crippen LogP contribution is -2.30. The van der Waals surface area contributed by atoms with E-state index in [4.69, 9.17) is 13.9 Å². The topological polar surface area (TPSA) is 106 Å². The number of urea groups is 1. The number of amides is 3. The van der Waals surface area contributed by atoms with Crippen LogP contribution in [0.25, 0.3) is 11.5 Å². The highest BCUT2D eigenvalue weighted by molar-refractivity contribution is 5.91. The molecule has 1 aromatic heterocycles. The first-order valence-electron chi connectivity index (χ1n) is 9.80. The van der Waals surface area contributed by atoms with Gasteiger partial charge in [0.15, 0.2) is 0 Å². The lowest BCUT2D eigenvalue weighted by molar-refractivity contribution is 0.181. The number of oxazole rings is 1. The standard InChI is InChI=1S/C22H22N4O5/c1-29-19-8-2-15(3-9-19)20-24-17(14-31-20)10-11-23-21(27)25-16-4-6-18(7-5-16)26-12-13-30-22(26)28/h2-9,14H,10-13H2,1H3,(H2,23,25,27). The molecule has 3 aromatic rings. The van der Waals surface area contributed by atoms with E-state index in [-0.39, 0.29) is 12.1 Å². The van der Waals surface area contributed by atoms with Crippen molar-refractivity contribution in [2.75, 3.05) is 37.0 Å². The van der Waals surface area contributed by atoms with Crippen LogP contribution in [0.2, 0.25) is 0 Å². The van der Waals surface area contributed by atoms with E-state index in [0.29, 0.717) is 37.7 Å². The number of hydrogen-bond donors (Lipinski definition) is 2. The van der Waals surface area contributed by atoms with Crippen LogP contribution >= 0.6 is 0 Å². The van der Waals surface area contributed by atoms with E-state index in [0.717, 1.165) is 22.7 Å². The van der Waals surface area contributed by atoms with Crippen molar-refractivity contribution in [1.82, 2.24) is 10.3 Å². The number of carbonyl (C=O) groups excluding carboxylic acids is 2. The van der Waals surface area contributed by atoms with Crippen molar-refractivity contribution in [3.63, 3.8) is 0 Å². The predicted octanol–water partition coefficient (Wildman–Crippen LogP) is 3.67. The van der Waals surface area contributed by atoms with E-state index < -0.39 is 0 Å². The molecule has 0 atom stereocenters. The van der Waals surface area contributed by atoms with E-state index in [9.17, 15) is 9.59 Å². The number of anilines is 2. The van der Waals surface area contributed by atoms with Crippen molar-refractivity contribution in [3.05, 3.63) is 60.5 Å². The maximum atomic E-state index is 12.1. The van der Waals surface area contributed by atoms with Crippen LogP contribution in [-0.4, -0.2) is 43.9 Å². The molecule has 1 saturated heterocycles. The minimum Gasteiger partial charge on any atom is -0.497 e. The molecule has 9 heteroatoms. The van der Waals surface area contributed by atoms with Crippen molar-refractivity contribution < 1.29 is 23.5 Å². The molecule has 1 aliphatic heterocycles. The van der Waals surface area contributed by atoms with E-state index >= 15 is 0 Å². The first-order chi connectivity index (χ1) is 15.1. The lowest BCUT2D eigenvalue weighted by Gasteiger charge is -2.13. The molecular formula is C22H22N4O5. The maximum absolute atomic E-state index is 12.1. The zero-order valence-corrected chi connectivity index (χ0v) is 17.0. The molecule has 4 rings (SSSR count).